The minimum absolute atomic E-state index is 0.0252. The van der Waals surface area contributed by atoms with Gasteiger partial charge in [0.05, 0.1) is 7.11 Å². The lowest BCUT2D eigenvalue weighted by Crippen LogP contribution is -2.46. The van der Waals surface area contributed by atoms with Gasteiger partial charge in [0.2, 0.25) is 0 Å². The molecule has 0 aliphatic carbocycles. The van der Waals surface area contributed by atoms with E-state index < -0.39 is 12.5 Å². The summed E-state index contributed by atoms with van der Waals surface area (Å²) in [4.78, 5) is 11.8. The van der Waals surface area contributed by atoms with E-state index in [0.29, 0.717) is 6.54 Å². The summed E-state index contributed by atoms with van der Waals surface area (Å²) in [5, 5.41) is 3.04. The number of hydrazine groups is 1. The molecule has 0 bridgehead atoms. The highest BCUT2D eigenvalue weighted by Gasteiger charge is 2.14. The summed E-state index contributed by atoms with van der Waals surface area (Å²) in [5.41, 5.74) is 5.05. The van der Waals surface area contributed by atoms with E-state index in [9.17, 15) is 13.6 Å². The van der Waals surface area contributed by atoms with E-state index in [1.54, 1.807) is 0 Å². The Balaban J connectivity index is 2.74. The van der Waals surface area contributed by atoms with Crippen LogP contribution in [0, 0.1) is 0 Å². The Morgan fingerprint density at radius 1 is 1.33 bits per heavy atom. The molecule has 0 fully saturated rings. The van der Waals surface area contributed by atoms with E-state index in [4.69, 9.17) is 17.0 Å². The third-order valence-corrected chi connectivity index (χ3v) is 2.52. The van der Waals surface area contributed by atoms with Crippen molar-refractivity contribution in [1.29, 1.82) is 0 Å². The van der Waals surface area contributed by atoms with Crippen molar-refractivity contribution in [2.24, 2.45) is 0 Å². The fourth-order valence-corrected chi connectivity index (χ4v) is 1.59. The average molecular weight is 319 g/mol. The van der Waals surface area contributed by atoms with Gasteiger partial charge in [-0.3, -0.25) is 15.6 Å². The molecule has 116 valence electrons. The van der Waals surface area contributed by atoms with E-state index in [-0.39, 0.29) is 22.2 Å². The Bertz CT molecular complexity index is 515. The fourth-order valence-electron chi connectivity index (χ4n) is 1.39. The number of nitrogens with one attached hydrogen (secondary N) is 3. The van der Waals surface area contributed by atoms with Gasteiger partial charge < -0.3 is 14.8 Å². The third kappa shape index (κ3) is 5.38. The van der Waals surface area contributed by atoms with Crippen molar-refractivity contribution in [3.05, 3.63) is 23.8 Å². The second-order valence-corrected chi connectivity index (χ2v) is 4.09. The number of amides is 1. The Labute approximate surface area is 125 Å². The van der Waals surface area contributed by atoms with Crippen LogP contribution in [-0.4, -0.2) is 31.3 Å². The number of rotatable bonds is 5. The third-order valence-electron chi connectivity index (χ3n) is 2.27. The lowest BCUT2D eigenvalue weighted by atomic mass is 10.2. The van der Waals surface area contributed by atoms with Crippen LogP contribution in [-0.2, 0) is 0 Å². The highest BCUT2D eigenvalue weighted by atomic mass is 32.1. The average Bonchev–Trinajstić information content (AvgIpc) is 2.45. The number of carbonyl (C=O) groups is 1. The van der Waals surface area contributed by atoms with Crippen molar-refractivity contribution in [2.75, 3.05) is 13.7 Å². The molecule has 1 rings (SSSR count). The Kier molecular flexibility index (Phi) is 6.60. The Hall–Kier alpha value is -2.16. The fraction of sp³-hybridized carbons (Fsp3) is 0.333. The smallest absolute Gasteiger partial charge is 0.387 e. The zero-order valence-corrected chi connectivity index (χ0v) is 12.2. The highest BCUT2D eigenvalue weighted by Crippen LogP contribution is 2.29. The highest BCUT2D eigenvalue weighted by molar-refractivity contribution is 7.80. The summed E-state index contributed by atoms with van der Waals surface area (Å²) in [6.45, 7) is -0.518. The Morgan fingerprint density at radius 2 is 2.05 bits per heavy atom. The van der Waals surface area contributed by atoms with Gasteiger partial charge in [-0.05, 0) is 37.3 Å². The lowest BCUT2D eigenvalue weighted by Gasteiger charge is -2.13. The van der Waals surface area contributed by atoms with Crippen molar-refractivity contribution in [2.45, 2.75) is 13.5 Å². The zero-order valence-electron chi connectivity index (χ0n) is 11.4. The molecule has 1 aromatic rings. The molecule has 0 aliphatic rings. The number of methoxy groups -OCH3 is 1. The van der Waals surface area contributed by atoms with Crippen molar-refractivity contribution in [1.82, 2.24) is 16.2 Å². The monoisotopic (exact) mass is 319 g/mol. The zero-order chi connectivity index (χ0) is 15.8. The first-order chi connectivity index (χ1) is 9.97. The van der Waals surface area contributed by atoms with Crippen molar-refractivity contribution in [3.8, 4) is 11.5 Å². The van der Waals surface area contributed by atoms with Gasteiger partial charge in [0, 0.05) is 12.1 Å². The van der Waals surface area contributed by atoms with Gasteiger partial charge in [0.15, 0.2) is 16.6 Å². The number of thiocarbonyl (C=S) groups is 1. The van der Waals surface area contributed by atoms with E-state index in [0.717, 1.165) is 0 Å². The molecule has 6 nitrogen and oxygen atoms in total. The van der Waals surface area contributed by atoms with Crippen LogP contribution in [0.4, 0.5) is 8.78 Å². The minimum Gasteiger partial charge on any atom is -0.493 e. The summed E-state index contributed by atoms with van der Waals surface area (Å²) >= 11 is 4.87. The molecule has 0 aromatic heterocycles. The summed E-state index contributed by atoms with van der Waals surface area (Å²) < 4.78 is 33.5. The van der Waals surface area contributed by atoms with Gasteiger partial charge in [-0.15, -0.1) is 0 Å². The van der Waals surface area contributed by atoms with Gasteiger partial charge in [0.1, 0.15) is 0 Å². The second-order valence-electron chi connectivity index (χ2n) is 3.68. The normalized spacial score (nSPS) is 9.95. The Morgan fingerprint density at radius 3 is 2.62 bits per heavy atom. The van der Waals surface area contributed by atoms with E-state index in [1.165, 1.54) is 25.3 Å². The van der Waals surface area contributed by atoms with Gasteiger partial charge in [-0.2, -0.15) is 8.78 Å². The van der Waals surface area contributed by atoms with Crippen molar-refractivity contribution in [3.63, 3.8) is 0 Å². The number of carbonyl (C=O) groups excluding carboxylic acids is 1. The predicted octanol–water partition coefficient (Wildman–Crippen LogP) is 1.43. The molecule has 0 unspecified atom stereocenters. The predicted molar refractivity (Wildman–Crippen MR) is 76.5 cm³/mol. The first-order valence-electron chi connectivity index (χ1n) is 5.95. The summed E-state index contributed by atoms with van der Waals surface area (Å²) in [6.07, 6.45) is 0. The number of halogens is 2. The molecule has 9 heteroatoms. The molecular weight excluding hydrogens is 304 g/mol. The lowest BCUT2D eigenvalue weighted by molar-refractivity contribution is -0.0512. The van der Waals surface area contributed by atoms with Crippen LogP contribution in [0.1, 0.15) is 17.3 Å². The molecule has 0 heterocycles. The van der Waals surface area contributed by atoms with Crippen LogP contribution in [0.2, 0.25) is 0 Å². The van der Waals surface area contributed by atoms with Gasteiger partial charge in [-0.25, -0.2) is 0 Å². The summed E-state index contributed by atoms with van der Waals surface area (Å²) in [7, 11) is 1.29. The largest absolute Gasteiger partial charge is 0.493 e. The maximum absolute atomic E-state index is 12.2. The van der Waals surface area contributed by atoms with E-state index in [2.05, 4.69) is 20.9 Å². The number of hydrogen-bond donors (Lipinski definition) is 3. The summed E-state index contributed by atoms with van der Waals surface area (Å²) in [6, 6.07) is 3.83. The van der Waals surface area contributed by atoms with Gasteiger partial charge in [0.25, 0.3) is 5.91 Å². The molecule has 0 aliphatic heterocycles. The molecular formula is C12H15F2N3O3S. The SMILES string of the molecule is CCNC(=S)NNC(=O)c1ccc(OC(F)F)c(OC)c1. The number of hydrogen-bond acceptors (Lipinski definition) is 4. The number of benzene rings is 1. The van der Waals surface area contributed by atoms with Crippen LogP contribution in [0.25, 0.3) is 0 Å². The molecule has 0 atom stereocenters. The first kappa shape index (κ1) is 16.9. The topological polar surface area (TPSA) is 71.6 Å². The molecule has 0 saturated carbocycles. The molecule has 3 N–H and O–H groups in total. The molecule has 1 aromatic carbocycles. The summed E-state index contributed by atoms with van der Waals surface area (Å²) in [5.74, 6) is -0.630. The van der Waals surface area contributed by atoms with E-state index >= 15 is 0 Å². The van der Waals surface area contributed by atoms with Crippen LogP contribution in [0.15, 0.2) is 18.2 Å². The second kappa shape index (κ2) is 8.20. The molecule has 0 saturated heterocycles. The van der Waals surface area contributed by atoms with E-state index in [1.807, 2.05) is 6.92 Å². The maximum atomic E-state index is 12.2. The first-order valence-corrected chi connectivity index (χ1v) is 6.35. The molecule has 21 heavy (non-hydrogen) atoms. The van der Waals surface area contributed by atoms with Crippen molar-refractivity contribution < 1.29 is 23.0 Å². The van der Waals surface area contributed by atoms with Crippen molar-refractivity contribution >= 4 is 23.2 Å². The quantitative estimate of drug-likeness (QED) is 0.563. The standard InChI is InChI=1S/C12H15F2N3O3S/c1-3-15-12(21)17-16-10(18)7-4-5-8(20-11(13)14)9(6-7)19-2/h4-6,11H,3H2,1-2H3,(H,16,18)(H2,15,17,21). The van der Waals surface area contributed by atoms with Crippen LogP contribution >= 0.6 is 12.2 Å². The van der Waals surface area contributed by atoms with Gasteiger partial charge >= 0.3 is 6.61 Å². The maximum Gasteiger partial charge on any atom is 0.387 e. The van der Waals surface area contributed by atoms with Crippen LogP contribution in [0.5, 0.6) is 11.5 Å². The van der Waals surface area contributed by atoms with Crippen LogP contribution < -0.4 is 25.6 Å². The molecule has 0 radical (unpaired) electrons. The number of ether oxygens (including phenoxy) is 2. The van der Waals surface area contributed by atoms with Gasteiger partial charge in [-0.1, -0.05) is 0 Å². The minimum atomic E-state index is -2.97. The van der Waals surface area contributed by atoms with Crippen LogP contribution in [0.3, 0.4) is 0 Å². The number of alkyl halides is 2. The molecule has 1 amide bonds. The molecule has 0 spiro atoms.